The summed E-state index contributed by atoms with van der Waals surface area (Å²) in [6, 6.07) is 8.18. The minimum Gasteiger partial charge on any atom is -0.343 e. The van der Waals surface area contributed by atoms with Crippen LogP contribution in [0.2, 0.25) is 10.0 Å². The van der Waals surface area contributed by atoms with E-state index in [9.17, 15) is 4.79 Å². The minimum atomic E-state index is -0.391. The van der Waals surface area contributed by atoms with Gasteiger partial charge in [0.15, 0.2) is 0 Å². The van der Waals surface area contributed by atoms with Crippen LogP contribution in [0.3, 0.4) is 0 Å². The Morgan fingerprint density at radius 3 is 2.79 bits per heavy atom. The number of amides is 1. The molecule has 3 rings (SSSR count). The molecule has 0 aliphatic rings. The van der Waals surface area contributed by atoms with Crippen LogP contribution >= 0.6 is 23.2 Å². The molecule has 1 aromatic carbocycles. The fourth-order valence-electron chi connectivity index (χ4n) is 1.87. The summed E-state index contributed by atoms with van der Waals surface area (Å²) in [7, 11) is 0. The van der Waals surface area contributed by atoms with Crippen LogP contribution < -0.4 is 5.32 Å². The molecular formula is C15H11Cl2N5O2. The number of halogens is 2. The standard InChI is InChI=1S/C15H11Cl2N5O2/c1-8-2-5-12(21-20-8)14-19-13(24-22-14)7-18-15(23)10-6-9(16)3-4-11(10)17/h2-6H,7H2,1H3,(H,18,23). The molecule has 0 radical (unpaired) electrons. The van der Waals surface area contributed by atoms with Gasteiger partial charge in [-0.15, -0.1) is 5.10 Å². The number of aromatic nitrogens is 4. The molecule has 0 bridgehead atoms. The van der Waals surface area contributed by atoms with Gasteiger partial charge in [0, 0.05) is 5.02 Å². The minimum absolute atomic E-state index is 0.0496. The number of benzene rings is 1. The first-order chi connectivity index (χ1) is 11.5. The van der Waals surface area contributed by atoms with E-state index in [4.69, 9.17) is 27.7 Å². The van der Waals surface area contributed by atoms with Gasteiger partial charge in [0.25, 0.3) is 5.91 Å². The Morgan fingerprint density at radius 1 is 1.21 bits per heavy atom. The Balaban J connectivity index is 1.68. The first-order valence-corrected chi connectivity index (χ1v) is 7.65. The van der Waals surface area contributed by atoms with Gasteiger partial charge < -0.3 is 9.84 Å². The van der Waals surface area contributed by atoms with Gasteiger partial charge in [-0.3, -0.25) is 4.79 Å². The zero-order chi connectivity index (χ0) is 17.1. The number of hydrogen-bond donors (Lipinski definition) is 1. The summed E-state index contributed by atoms with van der Waals surface area (Å²) in [4.78, 5) is 16.3. The van der Waals surface area contributed by atoms with Crippen molar-refractivity contribution in [1.29, 1.82) is 0 Å². The molecule has 1 N–H and O–H groups in total. The van der Waals surface area contributed by atoms with Crippen molar-refractivity contribution in [3.8, 4) is 11.5 Å². The monoisotopic (exact) mass is 363 g/mol. The van der Waals surface area contributed by atoms with Crippen LogP contribution in [0.15, 0.2) is 34.9 Å². The average Bonchev–Trinajstić information content (AvgIpc) is 3.04. The van der Waals surface area contributed by atoms with E-state index in [0.29, 0.717) is 21.6 Å². The van der Waals surface area contributed by atoms with E-state index in [1.165, 1.54) is 6.07 Å². The van der Waals surface area contributed by atoms with Gasteiger partial charge in [-0.2, -0.15) is 10.1 Å². The van der Waals surface area contributed by atoms with E-state index in [0.717, 1.165) is 5.69 Å². The van der Waals surface area contributed by atoms with Crippen LogP contribution in [-0.2, 0) is 6.54 Å². The molecule has 0 spiro atoms. The van der Waals surface area contributed by atoms with E-state index in [1.807, 2.05) is 6.92 Å². The van der Waals surface area contributed by atoms with Crippen LogP contribution in [0.25, 0.3) is 11.5 Å². The molecule has 0 unspecified atom stereocenters. The predicted octanol–water partition coefficient (Wildman–Crippen LogP) is 3.07. The van der Waals surface area contributed by atoms with E-state index in [2.05, 4.69) is 25.7 Å². The first kappa shape index (κ1) is 16.4. The summed E-state index contributed by atoms with van der Waals surface area (Å²) in [6.45, 7) is 1.88. The van der Waals surface area contributed by atoms with Crippen LogP contribution in [0, 0.1) is 6.92 Å². The van der Waals surface area contributed by atoms with Crippen molar-refractivity contribution < 1.29 is 9.32 Å². The summed E-state index contributed by atoms with van der Waals surface area (Å²) in [5.74, 6) is 0.142. The molecule has 2 heterocycles. The van der Waals surface area contributed by atoms with E-state index < -0.39 is 5.91 Å². The van der Waals surface area contributed by atoms with Crippen molar-refractivity contribution in [2.24, 2.45) is 0 Å². The van der Waals surface area contributed by atoms with Gasteiger partial charge in [0.1, 0.15) is 5.69 Å². The molecule has 0 aliphatic carbocycles. The van der Waals surface area contributed by atoms with Crippen molar-refractivity contribution >= 4 is 29.1 Å². The molecule has 0 atom stereocenters. The summed E-state index contributed by atoms with van der Waals surface area (Å²) in [5.41, 5.74) is 1.54. The Morgan fingerprint density at radius 2 is 2.04 bits per heavy atom. The lowest BCUT2D eigenvalue weighted by atomic mass is 10.2. The third-order valence-electron chi connectivity index (χ3n) is 3.07. The molecule has 2 aromatic heterocycles. The van der Waals surface area contributed by atoms with Crippen molar-refractivity contribution in [3.63, 3.8) is 0 Å². The molecule has 3 aromatic rings. The van der Waals surface area contributed by atoms with Crippen molar-refractivity contribution in [3.05, 3.63) is 57.5 Å². The van der Waals surface area contributed by atoms with Gasteiger partial charge >= 0.3 is 0 Å². The number of hydrogen-bond acceptors (Lipinski definition) is 6. The second-order valence-corrected chi connectivity index (χ2v) is 5.72. The molecule has 0 fully saturated rings. The number of nitrogens with zero attached hydrogens (tertiary/aromatic N) is 4. The maximum absolute atomic E-state index is 12.1. The highest BCUT2D eigenvalue weighted by Gasteiger charge is 2.14. The van der Waals surface area contributed by atoms with Crippen LogP contribution in [0.1, 0.15) is 21.9 Å². The first-order valence-electron chi connectivity index (χ1n) is 6.89. The Labute approximate surface area is 147 Å². The third kappa shape index (κ3) is 3.69. The molecule has 122 valence electrons. The summed E-state index contributed by atoms with van der Waals surface area (Å²) < 4.78 is 5.09. The molecular weight excluding hydrogens is 353 g/mol. The summed E-state index contributed by atoms with van der Waals surface area (Å²) >= 11 is 11.9. The lowest BCUT2D eigenvalue weighted by Gasteiger charge is -2.04. The second kappa shape index (κ2) is 6.94. The van der Waals surface area contributed by atoms with Crippen LogP contribution in [-0.4, -0.2) is 26.2 Å². The number of rotatable bonds is 4. The molecule has 24 heavy (non-hydrogen) atoms. The highest BCUT2D eigenvalue weighted by molar-refractivity contribution is 6.35. The lowest BCUT2D eigenvalue weighted by molar-refractivity contribution is 0.0946. The largest absolute Gasteiger partial charge is 0.343 e. The van der Waals surface area contributed by atoms with Gasteiger partial charge in [0.2, 0.25) is 11.7 Å². The molecule has 1 amide bonds. The second-order valence-electron chi connectivity index (χ2n) is 4.88. The van der Waals surface area contributed by atoms with Gasteiger partial charge in [-0.1, -0.05) is 28.4 Å². The van der Waals surface area contributed by atoms with Crippen LogP contribution in [0.5, 0.6) is 0 Å². The highest BCUT2D eigenvalue weighted by atomic mass is 35.5. The molecule has 7 nitrogen and oxygen atoms in total. The zero-order valence-electron chi connectivity index (χ0n) is 12.5. The lowest BCUT2D eigenvalue weighted by Crippen LogP contribution is -2.23. The topological polar surface area (TPSA) is 93.8 Å². The normalized spacial score (nSPS) is 10.6. The smallest absolute Gasteiger partial charge is 0.253 e. The molecule has 0 aliphatic heterocycles. The third-order valence-corrected chi connectivity index (χ3v) is 3.63. The number of aryl methyl sites for hydroxylation is 1. The molecule has 0 saturated carbocycles. The molecule has 0 saturated heterocycles. The van der Waals surface area contributed by atoms with E-state index in [-0.39, 0.29) is 18.0 Å². The number of nitrogens with one attached hydrogen (secondary N) is 1. The highest BCUT2D eigenvalue weighted by Crippen LogP contribution is 2.20. The average molecular weight is 364 g/mol. The Bertz CT molecular complexity index is 880. The molecule has 9 heteroatoms. The van der Waals surface area contributed by atoms with Crippen LogP contribution in [0.4, 0.5) is 0 Å². The van der Waals surface area contributed by atoms with Crippen molar-refractivity contribution in [2.45, 2.75) is 13.5 Å². The van der Waals surface area contributed by atoms with E-state index in [1.54, 1.807) is 24.3 Å². The fraction of sp³-hybridized carbons (Fsp3) is 0.133. The van der Waals surface area contributed by atoms with Crippen molar-refractivity contribution in [1.82, 2.24) is 25.7 Å². The number of carbonyl (C=O) groups excluding carboxylic acids is 1. The maximum atomic E-state index is 12.1. The van der Waals surface area contributed by atoms with Gasteiger partial charge in [-0.25, -0.2) is 0 Å². The zero-order valence-corrected chi connectivity index (χ0v) is 14.0. The summed E-state index contributed by atoms with van der Waals surface area (Å²) in [5, 5.41) is 15.1. The summed E-state index contributed by atoms with van der Waals surface area (Å²) in [6.07, 6.45) is 0. The van der Waals surface area contributed by atoms with Gasteiger partial charge in [-0.05, 0) is 37.3 Å². The quantitative estimate of drug-likeness (QED) is 0.765. The van der Waals surface area contributed by atoms with Gasteiger partial charge in [0.05, 0.1) is 22.8 Å². The Kier molecular flexibility index (Phi) is 4.73. The SMILES string of the molecule is Cc1ccc(-c2noc(CNC(=O)c3cc(Cl)ccc3Cl)n2)nn1. The maximum Gasteiger partial charge on any atom is 0.253 e. The Hall–Kier alpha value is -2.51. The van der Waals surface area contributed by atoms with Crippen molar-refractivity contribution in [2.75, 3.05) is 0 Å². The number of carbonyl (C=O) groups is 1. The van der Waals surface area contributed by atoms with E-state index >= 15 is 0 Å². The fourth-order valence-corrected chi connectivity index (χ4v) is 2.25. The predicted molar refractivity (Wildman–Crippen MR) is 87.7 cm³/mol.